The van der Waals surface area contributed by atoms with Crippen LogP contribution in [0.15, 0.2) is 24.3 Å². The number of carbonyl (C=O) groups excluding carboxylic acids is 2. The van der Waals surface area contributed by atoms with Gasteiger partial charge in [0.15, 0.2) is 0 Å². The number of nitrogens with one attached hydrogen (secondary N) is 3. The molecule has 1 aromatic rings. The Hall–Kier alpha value is -1.59. The van der Waals surface area contributed by atoms with Crippen molar-refractivity contribution < 1.29 is 9.59 Å². The van der Waals surface area contributed by atoms with E-state index in [-0.39, 0.29) is 24.9 Å². The zero-order valence-electron chi connectivity index (χ0n) is 10.8. The van der Waals surface area contributed by atoms with Gasteiger partial charge < -0.3 is 10.6 Å². The van der Waals surface area contributed by atoms with Gasteiger partial charge in [0, 0.05) is 18.6 Å². The molecule has 0 bridgehead atoms. The molecule has 0 aliphatic heterocycles. The third-order valence-corrected chi connectivity index (χ3v) is 2.75. The number of likely N-dealkylation sites (N-methyl/N-ethyl adjacent to an activating group) is 1. The summed E-state index contributed by atoms with van der Waals surface area (Å²) in [7, 11) is 1.55. The molecule has 5 nitrogen and oxygen atoms in total. The number of carbonyl (C=O) groups is 2. The Bertz CT molecular complexity index is 420. The summed E-state index contributed by atoms with van der Waals surface area (Å²) in [5, 5.41) is 8.69. The van der Waals surface area contributed by atoms with E-state index >= 15 is 0 Å². The molecule has 3 N–H and O–H groups in total. The van der Waals surface area contributed by atoms with Crippen LogP contribution in [0.25, 0.3) is 0 Å². The van der Waals surface area contributed by atoms with E-state index in [1.807, 2.05) is 24.3 Å². The summed E-state index contributed by atoms with van der Waals surface area (Å²) in [5.41, 5.74) is 1.11. The maximum absolute atomic E-state index is 11.4. The van der Waals surface area contributed by atoms with Crippen molar-refractivity contribution >= 4 is 23.4 Å². The molecule has 0 radical (unpaired) electrons. The van der Waals surface area contributed by atoms with E-state index in [1.54, 1.807) is 7.05 Å². The van der Waals surface area contributed by atoms with Crippen LogP contribution in [0.3, 0.4) is 0 Å². The van der Waals surface area contributed by atoms with E-state index in [1.165, 1.54) is 0 Å². The van der Waals surface area contributed by atoms with E-state index in [9.17, 15) is 9.59 Å². The Morgan fingerprint density at radius 1 is 1.11 bits per heavy atom. The molecule has 0 aliphatic rings. The van der Waals surface area contributed by atoms with E-state index in [0.29, 0.717) is 11.6 Å². The molecule has 0 aliphatic carbocycles. The second kappa shape index (κ2) is 8.50. The van der Waals surface area contributed by atoms with Crippen molar-refractivity contribution in [3.8, 4) is 0 Å². The van der Waals surface area contributed by atoms with Crippen molar-refractivity contribution in [3.05, 3.63) is 34.9 Å². The van der Waals surface area contributed by atoms with Gasteiger partial charge in [-0.05, 0) is 24.1 Å². The molecule has 0 atom stereocenters. The van der Waals surface area contributed by atoms with Crippen LogP contribution >= 0.6 is 11.6 Å². The molecular formula is C13H18ClN3O2. The van der Waals surface area contributed by atoms with Gasteiger partial charge in [0.1, 0.15) is 0 Å². The quantitative estimate of drug-likeness (QED) is 0.676. The molecule has 0 aromatic heterocycles. The topological polar surface area (TPSA) is 70.2 Å². The van der Waals surface area contributed by atoms with Crippen molar-refractivity contribution in [1.29, 1.82) is 0 Å². The minimum absolute atomic E-state index is 0.127. The highest BCUT2D eigenvalue weighted by molar-refractivity contribution is 6.30. The molecule has 0 saturated heterocycles. The molecule has 0 unspecified atom stereocenters. The standard InChI is InChI=1S/C13H18ClN3O2/c1-15-12(18)8-16-9-13(19)17-7-6-10-2-4-11(14)5-3-10/h2-5,16H,6-9H2,1H3,(H,15,18)(H,17,19). The van der Waals surface area contributed by atoms with Gasteiger partial charge in [-0.25, -0.2) is 0 Å². The fourth-order valence-electron chi connectivity index (χ4n) is 1.44. The average Bonchev–Trinajstić information content (AvgIpc) is 2.41. The second-order valence-corrected chi connectivity index (χ2v) is 4.44. The molecule has 0 fully saturated rings. The fraction of sp³-hybridized carbons (Fsp3) is 0.385. The van der Waals surface area contributed by atoms with E-state index in [0.717, 1.165) is 12.0 Å². The Kier molecular flexibility index (Phi) is 6.92. The summed E-state index contributed by atoms with van der Waals surface area (Å²) < 4.78 is 0. The predicted molar refractivity (Wildman–Crippen MR) is 75.1 cm³/mol. The van der Waals surface area contributed by atoms with Gasteiger partial charge >= 0.3 is 0 Å². The number of rotatable bonds is 7. The summed E-state index contributed by atoms with van der Waals surface area (Å²) in [6.07, 6.45) is 0.748. The summed E-state index contributed by atoms with van der Waals surface area (Å²) in [4.78, 5) is 22.3. The molecule has 19 heavy (non-hydrogen) atoms. The lowest BCUT2D eigenvalue weighted by Crippen LogP contribution is -2.39. The zero-order valence-corrected chi connectivity index (χ0v) is 11.6. The first-order valence-corrected chi connectivity index (χ1v) is 6.42. The van der Waals surface area contributed by atoms with Crippen LogP contribution in [0.5, 0.6) is 0 Å². The minimum Gasteiger partial charge on any atom is -0.358 e. The van der Waals surface area contributed by atoms with Crippen LogP contribution in [0, 0.1) is 0 Å². The summed E-state index contributed by atoms with van der Waals surface area (Å²) in [5.74, 6) is -0.271. The molecule has 1 rings (SSSR count). The average molecular weight is 284 g/mol. The first kappa shape index (κ1) is 15.5. The maximum atomic E-state index is 11.4. The first-order valence-electron chi connectivity index (χ1n) is 6.04. The highest BCUT2D eigenvalue weighted by Crippen LogP contribution is 2.09. The molecule has 1 aromatic carbocycles. The third-order valence-electron chi connectivity index (χ3n) is 2.50. The Labute approximate surface area is 117 Å². The van der Waals surface area contributed by atoms with Crippen molar-refractivity contribution in [1.82, 2.24) is 16.0 Å². The van der Waals surface area contributed by atoms with Crippen molar-refractivity contribution in [2.45, 2.75) is 6.42 Å². The SMILES string of the molecule is CNC(=O)CNCC(=O)NCCc1ccc(Cl)cc1. The van der Waals surface area contributed by atoms with Crippen molar-refractivity contribution in [2.24, 2.45) is 0 Å². The smallest absolute Gasteiger partial charge is 0.233 e. The highest BCUT2D eigenvalue weighted by atomic mass is 35.5. The van der Waals surface area contributed by atoms with Gasteiger partial charge in [0.2, 0.25) is 11.8 Å². The molecular weight excluding hydrogens is 266 g/mol. The van der Waals surface area contributed by atoms with Gasteiger partial charge in [-0.3, -0.25) is 14.9 Å². The number of hydrogen-bond acceptors (Lipinski definition) is 3. The zero-order chi connectivity index (χ0) is 14.1. The van der Waals surface area contributed by atoms with Crippen LogP contribution in [0.2, 0.25) is 5.02 Å². The van der Waals surface area contributed by atoms with Crippen molar-refractivity contribution in [2.75, 3.05) is 26.7 Å². The predicted octanol–water partition coefficient (Wildman–Crippen LogP) is 0.334. The first-order chi connectivity index (χ1) is 9.11. The third kappa shape index (κ3) is 6.79. The highest BCUT2D eigenvalue weighted by Gasteiger charge is 2.02. The van der Waals surface area contributed by atoms with Crippen molar-refractivity contribution in [3.63, 3.8) is 0 Å². The summed E-state index contributed by atoms with van der Waals surface area (Å²) >= 11 is 5.78. The van der Waals surface area contributed by atoms with Gasteiger partial charge in [-0.1, -0.05) is 23.7 Å². The Balaban J connectivity index is 2.13. The normalized spacial score (nSPS) is 10.0. The van der Waals surface area contributed by atoms with Gasteiger partial charge in [0.25, 0.3) is 0 Å². The van der Waals surface area contributed by atoms with E-state index in [2.05, 4.69) is 16.0 Å². The van der Waals surface area contributed by atoms with Gasteiger partial charge in [0.05, 0.1) is 13.1 Å². The molecule has 0 saturated carbocycles. The second-order valence-electron chi connectivity index (χ2n) is 4.00. The van der Waals surface area contributed by atoms with Crippen LogP contribution < -0.4 is 16.0 Å². The molecule has 2 amide bonds. The van der Waals surface area contributed by atoms with Crippen LogP contribution in [0.4, 0.5) is 0 Å². The Morgan fingerprint density at radius 3 is 2.37 bits per heavy atom. The lowest BCUT2D eigenvalue weighted by Gasteiger charge is -2.06. The number of amides is 2. The van der Waals surface area contributed by atoms with Gasteiger partial charge in [-0.15, -0.1) is 0 Å². The largest absolute Gasteiger partial charge is 0.358 e. The fourth-order valence-corrected chi connectivity index (χ4v) is 1.56. The van der Waals surface area contributed by atoms with E-state index < -0.39 is 0 Å². The monoisotopic (exact) mass is 283 g/mol. The molecule has 104 valence electrons. The van der Waals surface area contributed by atoms with E-state index in [4.69, 9.17) is 11.6 Å². The summed E-state index contributed by atoms with van der Waals surface area (Å²) in [6, 6.07) is 7.50. The number of halogens is 1. The lowest BCUT2D eigenvalue weighted by atomic mass is 10.1. The summed E-state index contributed by atoms with van der Waals surface area (Å²) in [6.45, 7) is 0.831. The van der Waals surface area contributed by atoms with Gasteiger partial charge in [-0.2, -0.15) is 0 Å². The maximum Gasteiger partial charge on any atom is 0.233 e. The van der Waals surface area contributed by atoms with Crippen LogP contribution in [-0.2, 0) is 16.0 Å². The Morgan fingerprint density at radius 2 is 1.74 bits per heavy atom. The molecule has 0 heterocycles. The minimum atomic E-state index is -0.144. The molecule has 0 spiro atoms. The lowest BCUT2D eigenvalue weighted by molar-refractivity contribution is -0.121. The number of hydrogen-bond donors (Lipinski definition) is 3. The van der Waals surface area contributed by atoms with Crippen LogP contribution in [0.1, 0.15) is 5.56 Å². The van der Waals surface area contributed by atoms with Crippen LogP contribution in [-0.4, -0.2) is 38.5 Å². The molecule has 6 heteroatoms. The number of benzene rings is 1.